The van der Waals surface area contributed by atoms with Gasteiger partial charge in [-0.05, 0) is 102 Å². The van der Waals surface area contributed by atoms with Gasteiger partial charge in [-0.2, -0.15) is 0 Å². The number of hydrogen-bond donors (Lipinski definition) is 3. The van der Waals surface area contributed by atoms with Gasteiger partial charge in [-0.3, -0.25) is 24.8 Å². The second-order valence-electron chi connectivity index (χ2n) is 14.9. The number of carbonyl (C=O) groups excluding carboxylic acids is 1. The molecule has 0 radical (unpaired) electrons. The highest BCUT2D eigenvalue weighted by atomic mass is 35.5. The number of nitrogens with zero attached hydrogens (tertiary/aromatic N) is 4. The van der Waals surface area contributed by atoms with Crippen LogP contribution in [0.2, 0.25) is 5.02 Å². The Morgan fingerprint density at radius 3 is 2.29 bits per heavy atom. The standard InChI is InChI=1S/C47H48ClN7O5S2/c48-38-17-13-35(14-18-38)44-12-5-4-8-37(44)33-53-28-30-54(31-29-53)41-19-15-36(16-20-41)47(56)52-62(59,60)43-21-22-45(46(32-43)55(57)58)51-40(34-61-42-10-2-1-3-11-42)24-27-49-26-23-39-9-6-7-25-50-39/h1-22,25,32,40,49,51H,23-24,26-31,33-34H2,(H,52,56)/t40-/m1/s1. The normalized spacial score (nSPS) is 13.7. The van der Waals surface area contributed by atoms with Gasteiger partial charge in [-0.25, -0.2) is 13.1 Å². The summed E-state index contributed by atoms with van der Waals surface area (Å²) in [4.78, 5) is 34.7. The molecular formula is C47H48ClN7O5S2. The SMILES string of the molecule is O=C(NS(=O)(=O)c1ccc(N[C@H](CCNCCc2ccccn2)CSc2ccccc2)c([N+](=O)[O-])c1)c1ccc(N2CCN(Cc3ccccc3-c3ccc(Cl)cc3)CC2)cc1. The fraction of sp³-hybridized carbons (Fsp3) is 0.234. The Morgan fingerprint density at radius 2 is 1.56 bits per heavy atom. The third-order valence-electron chi connectivity index (χ3n) is 10.6. The van der Waals surface area contributed by atoms with Crippen molar-refractivity contribution in [3.05, 3.63) is 178 Å². The molecule has 62 heavy (non-hydrogen) atoms. The van der Waals surface area contributed by atoms with Crippen molar-refractivity contribution < 1.29 is 18.1 Å². The van der Waals surface area contributed by atoms with Crippen LogP contribution in [-0.2, 0) is 23.0 Å². The second-order valence-corrected chi connectivity index (χ2v) is 18.1. The molecule has 1 fully saturated rings. The first-order chi connectivity index (χ1) is 30.1. The number of nitro benzene ring substituents is 1. The Hall–Kier alpha value is -5.77. The van der Waals surface area contributed by atoms with Crippen molar-refractivity contribution in [3.63, 3.8) is 0 Å². The Kier molecular flexibility index (Phi) is 15.2. The average molecular weight is 891 g/mol. The monoisotopic (exact) mass is 889 g/mol. The molecule has 5 aromatic carbocycles. The zero-order valence-corrected chi connectivity index (χ0v) is 36.4. The summed E-state index contributed by atoms with van der Waals surface area (Å²) >= 11 is 7.75. The summed E-state index contributed by atoms with van der Waals surface area (Å²) in [5.74, 6) is -0.228. The maximum atomic E-state index is 13.5. The van der Waals surface area contributed by atoms with E-state index in [-0.39, 0.29) is 22.2 Å². The number of carbonyl (C=O) groups is 1. The maximum absolute atomic E-state index is 13.5. The number of sulfonamides is 1. The highest BCUT2D eigenvalue weighted by molar-refractivity contribution is 7.99. The largest absolute Gasteiger partial charge is 0.376 e. The first kappa shape index (κ1) is 44.3. The fourth-order valence-corrected chi connectivity index (χ4v) is 9.40. The van der Waals surface area contributed by atoms with E-state index in [4.69, 9.17) is 11.6 Å². The number of nitro groups is 1. The van der Waals surface area contributed by atoms with Crippen molar-refractivity contribution in [2.45, 2.75) is 35.2 Å². The lowest BCUT2D eigenvalue weighted by Crippen LogP contribution is -2.46. The number of aromatic nitrogens is 1. The number of halogens is 1. The third-order valence-corrected chi connectivity index (χ3v) is 13.4. The Labute approximate surface area is 371 Å². The number of nitrogens with one attached hydrogen (secondary N) is 3. The first-order valence-electron chi connectivity index (χ1n) is 20.4. The van der Waals surface area contributed by atoms with Crippen molar-refractivity contribution in [1.29, 1.82) is 0 Å². The molecule has 2 heterocycles. The zero-order valence-electron chi connectivity index (χ0n) is 34.0. The lowest BCUT2D eigenvalue weighted by molar-refractivity contribution is -0.384. The van der Waals surface area contributed by atoms with Gasteiger partial charge in [0.15, 0.2) is 0 Å². The number of amides is 1. The number of thioether (sulfide) groups is 1. The minimum Gasteiger partial charge on any atom is -0.376 e. The minimum absolute atomic E-state index is 0.148. The molecule has 1 atom stereocenters. The minimum atomic E-state index is -4.46. The molecule has 0 spiro atoms. The van der Waals surface area contributed by atoms with Crippen LogP contribution in [0.25, 0.3) is 11.1 Å². The smallest absolute Gasteiger partial charge is 0.293 e. The van der Waals surface area contributed by atoms with E-state index in [1.165, 1.54) is 23.3 Å². The summed E-state index contributed by atoms with van der Waals surface area (Å²) in [7, 11) is -4.46. The fourth-order valence-electron chi connectivity index (χ4n) is 7.28. The molecule has 0 bridgehead atoms. The van der Waals surface area contributed by atoms with Crippen molar-refractivity contribution in [2.75, 3.05) is 55.2 Å². The number of piperazine rings is 1. The molecular weight excluding hydrogens is 842 g/mol. The van der Waals surface area contributed by atoms with Gasteiger partial charge in [0.25, 0.3) is 21.6 Å². The van der Waals surface area contributed by atoms with Crippen molar-refractivity contribution in [1.82, 2.24) is 19.9 Å². The predicted molar refractivity (Wildman–Crippen MR) is 249 cm³/mol. The topological polar surface area (TPSA) is 150 Å². The molecule has 7 rings (SSSR count). The number of anilines is 2. The summed E-state index contributed by atoms with van der Waals surface area (Å²) in [5.41, 5.74) is 5.38. The van der Waals surface area contributed by atoms with Gasteiger partial charge in [-0.1, -0.05) is 72.3 Å². The highest BCUT2D eigenvalue weighted by Gasteiger charge is 2.26. The van der Waals surface area contributed by atoms with Crippen molar-refractivity contribution in [2.24, 2.45) is 0 Å². The summed E-state index contributed by atoms with van der Waals surface area (Å²) in [6, 6.07) is 42.2. The molecule has 3 N–H and O–H groups in total. The van der Waals surface area contributed by atoms with Crippen molar-refractivity contribution in [3.8, 4) is 11.1 Å². The second kappa shape index (κ2) is 21.3. The molecule has 1 amide bonds. The predicted octanol–water partition coefficient (Wildman–Crippen LogP) is 8.55. The van der Waals surface area contributed by atoms with Gasteiger partial charge in [0.05, 0.1) is 9.82 Å². The number of benzene rings is 5. The summed E-state index contributed by atoms with van der Waals surface area (Å²) in [5, 5.41) is 19.8. The molecule has 320 valence electrons. The Balaban J connectivity index is 0.945. The zero-order chi connectivity index (χ0) is 43.3. The molecule has 12 nitrogen and oxygen atoms in total. The van der Waals surface area contributed by atoms with Gasteiger partial charge in [0, 0.05) is 96.6 Å². The van der Waals surface area contributed by atoms with Crippen LogP contribution in [-0.4, -0.2) is 80.2 Å². The maximum Gasteiger partial charge on any atom is 0.293 e. The molecule has 1 aliphatic heterocycles. The van der Waals surface area contributed by atoms with Crippen LogP contribution >= 0.6 is 23.4 Å². The van der Waals surface area contributed by atoms with Crippen LogP contribution in [0.1, 0.15) is 28.0 Å². The number of pyridine rings is 1. The highest BCUT2D eigenvalue weighted by Crippen LogP contribution is 2.31. The van der Waals surface area contributed by atoms with Gasteiger partial charge >= 0.3 is 0 Å². The van der Waals surface area contributed by atoms with E-state index < -0.39 is 26.5 Å². The van der Waals surface area contributed by atoms with Crippen LogP contribution in [0.5, 0.6) is 0 Å². The molecule has 0 aliphatic carbocycles. The lowest BCUT2D eigenvalue weighted by Gasteiger charge is -2.36. The van der Waals surface area contributed by atoms with E-state index in [1.54, 1.807) is 42.2 Å². The molecule has 1 saturated heterocycles. The quantitative estimate of drug-likeness (QED) is 0.0311. The summed E-state index contributed by atoms with van der Waals surface area (Å²) < 4.78 is 29.0. The van der Waals surface area contributed by atoms with E-state index in [9.17, 15) is 23.3 Å². The lowest BCUT2D eigenvalue weighted by atomic mass is 9.99. The molecule has 1 aromatic heterocycles. The molecule has 0 saturated carbocycles. The summed E-state index contributed by atoms with van der Waals surface area (Å²) in [6.07, 6.45) is 3.18. The van der Waals surface area contributed by atoms with Gasteiger partial charge in [0.1, 0.15) is 5.69 Å². The third kappa shape index (κ3) is 12.2. The van der Waals surface area contributed by atoms with Crippen LogP contribution in [0.15, 0.2) is 156 Å². The van der Waals surface area contributed by atoms with Gasteiger partial charge in [-0.15, -0.1) is 11.8 Å². The van der Waals surface area contributed by atoms with E-state index in [1.807, 2.05) is 78.9 Å². The van der Waals surface area contributed by atoms with Gasteiger partial charge < -0.3 is 15.5 Å². The summed E-state index contributed by atoms with van der Waals surface area (Å²) in [6.45, 7) is 5.42. The van der Waals surface area contributed by atoms with E-state index in [0.717, 1.165) is 73.6 Å². The average Bonchev–Trinajstić information content (AvgIpc) is 3.29. The molecule has 6 aromatic rings. The van der Waals surface area contributed by atoms with E-state index in [0.29, 0.717) is 23.7 Å². The first-order valence-corrected chi connectivity index (χ1v) is 23.3. The van der Waals surface area contributed by atoms with Crippen LogP contribution < -0.4 is 20.3 Å². The van der Waals surface area contributed by atoms with Crippen LogP contribution in [0, 0.1) is 10.1 Å². The molecule has 1 aliphatic rings. The van der Waals surface area contributed by atoms with Crippen molar-refractivity contribution >= 4 is 56.4 Å². The van der Waals surface area contributed by atoms with Crippen LogP contribution in [0.4, 0.5) is 17.1 Å². The Bertz CT molecular complexity index is 2530. The number of hydrogen-bond acceptors (Lipinski definition) is 11. The Morgan fingerprint density at radius 1 is 0.839 bits per heavy atom. The van der Waals surface area contributed by atoms with E-state index >= 15 is 0 Å². The molecule has 15 heteroatoms. The molecule has 0 unspecified atom stereocenters. The van der Waals surface area contributed by atoms with Crippen LogP contribution in [0.3, 0.4) is 0 Å². The van der Waals surface area contributed by atoms with Gasteiger partial charge in [0.2, 0.25) is 0 Å². The van der Waals surface area contributed by atoms with E-state index in [2.05, 4.69) is 48.3 Å². The number of rotatable bonds is 19.